The van der Waals surface area contributed by atoms with Crippen molar-refractivity contribution >= 4 is 5.78 Å². The van der Waals surface area contributed by atoms with Gasteiger partial charge in [0.15, 0.2) is 5.78 Å². The Labute approximate surface area is 183 Å². The number of hydrogen-bond donors (Lipinski definition) is 0. The van der Waals surface area contributed by atoms with Gasteiger partial charge in [0.1, 0.15) is 5.75 Å². The van der Waals surface area contributed by atoms with Crippen molar-refractivity contribution < 1.29 is 9.53 Å². The van der Waals surface area contributed by atoms with E-state index >= 15 is 0 Å². The van der Waals surface area contributed by atoms with Crippen molar-refractivity contribution in [1.29, 1.82) is 0 Å². The van der Waals surface area contributed by atoms with Crippen LogP contribution in [0.2, 0.25) is 0 Å². The summed E-state index contributed by atoms with van der Waals surface area (Å²) in [6.07, 6.45) is 12.1. The zero-order valence-electron chi connectivity index (χ0n) is 19.5. The number of Topliss-reactive ketones (excluding diaryl/α,β-unsaturated/α-hetero) is 1. The molecule has 8 atom stereocenters. The topological polar surface area (TPSA) is 26.3 Å². The predicted octanol–water partition coefficient (Wildman–Crippen LogP) is 7.17. The second-order valence-electron chi connectivity index (χ2n) is 11.8. The largest absolute Gasteiger partial charge is 0.497 e. The van der Waals surface area contributed by atoms with Gasteiger partial charge in [-0.3, -0.25) is 4.79 Å². The molecule has 0 amide bonds. The Balaban J connectivity index is 1.39. The average molecular weight is 409 g/mol. The number of ketones is 1. The fourth-order valence-electron chi connectivity index (χ4n) is 8.88. The van der Waals surface area contributed by atoms with E-state index in [9.17, 15) is 4.79 Å². The lowest BCUT2D eigenvalue weighted by molar-refractivity contribution is -0.114. The highest BCUT2D eigenvalue weighted by Crippen LogP contribution is 2.68. The molecular weight excluding hydrogens is 368 g/mol. The quantitative estimate of drug-likeness (QED) is 0.495. The zero-order valence-corrected chi connectivity index (χ0v) is 19.5. The molecule has 0 aliphatic heterocycles. The highest BCUT2D eigenvalue weighted by Gasteiger charge is 2.61. The monoisotopic (exact) mass is 408 g/mol. The van der Waals surface area contributed by atoms with Crippen molar-refractivity contribution in [2.24, 2.45) is 46.3 Å². The van der Waals surface area contributed by atoms with Crippen LogP contribution in [-0.2, 0) is 0 Å². The molecule has 4 aliphatic rings. The van der Waals surface area contributed by atoms with E-state index < -0.39 is 0 Å². The molecule has 5 rings (SSSR count). The summed E-state index contributed by atoms with van der Waals surface area (Å²) in [5.41, 5.74) is 1.60. The van der Waals surface area contributed by atoms with E-state index in [1.165, 1.54) is 51.4 Å². The van der Waals surface area contributed by atoms with E-state index in [4.69, 9.17) is 4.74 Å². The lowest BCUT2D eigenvalue weighted by atomic mass is 9.44. The number of methoxy groups -OCH3 is 1. The minimum atomic E-state index is 0.187. The van der Waals surface area contributed by atoms with Crippen molar-refractivity contribution in [3.8, 4) is 5.75 Å². The van der Waals surface area contributed by atoms with Gasteiger partial charge < -0.3 is 4.74 Å². The summed E-state index contributed by atoms with van der Waals surface area (Å²) in [5.74, 6) is 5.70. The maximum Gasteiger partial charge on any atom is 0.166 e. The Kier molecular flexibility index (Phi) is 5.07. The van der Waals surface area contributed by atoms with Gasteiger partial charge in [0.2, 0.25) is 0 Å². The highest BCUT2D eigenvalue weighted by molar-refractivity contribution is 5.99. The van der Waals surface area contributed by atoms with Crippen LogP contribution in [0.3, 0.4) is 0 Å². The second-order valence-corrected chi connectivity index (χ2v) is 11.8. The van der Waals surface area contributed by atoms with Gasteiger partial charge in [-0.15, -0.1) is 0 Å². The smallest absolute Gasteiger partial charge is 0.166 e. The summed E-state index contributed by atoms with van der Waals surface area (Å²) in [6, 6.07) is 7.83. The van der Waals surface area contributed by atoms with Crippen LogP contribution < -0.4 is 4.74 Å². The molecule has 0 heterocycles. The van der Waals surface area contributed by atoms with Crippen molar-refractivity contribution in [2.75, 3.05) is 7.11 Å². The number of ether oxygens (including phenoxy) is 1. The summed E-state index contributed by atoms with van der Waals surface area (Å²) in [4.78, 5) is 13.6. The number of carbonyl (C=O) groups excluding carboxylic acids is 1. The SMILES string of the molecule is COc1cccc(C(=O)C2CCC3C4CCC5CC(C)CCC5(C)C4CCC23C)c1. The number of rotatable bonds is 3. The summed E-state index contributed by atoms with van der Waals surface area (Å²) >= 11 is 0. The van der Waals surface area contributed by atoms with Crippen molar-refractivity contribution in [3.63, 3.8) is 0 Å². The first-order valence-electron chi connectivity index (χ1n) is 12.5. The highest BCUT2D eigenvalue weighted by atomic mass is 16.5. The lowest BCUT2D eigenvalue weighted by Crippen LogP contribution is -2.53. The van der Waals surface area contributed by atoms with E-state index in [1.54, 1.807) is 7.11 Å². The van der Waals surface area contributed by atoms with E-state index in [0.717, 1.165) is 47.3 Å². The van der Waals surface area contributed by atoms with Crippen LogP contribution in [0.25, 0.3) is 0 Å². The zero-order chi connectivity index (χ0) is 21.1. The number of carbonyl (C=O) groups is 1. The maximum atomic E-state index is 13.6. The molecule has 0 bridgehead atoms. The second kappa shape index (κ2) is 7.38. The molecule has 4 saturated carbocycles. The fraction of sp³-hybridized carbons (Fsp3) is 0.750. The van der Waals surface area contributed by atoms with Crippen LogP contribution in [-0.4, -0.2) is 12.9 Å². The molecule has 2 nitrogen and oxygen atoms in total. The molecule has 30 heavy (non-hydrogen) atoms. The third kappa shape index (κ3) is 3.00. The predicted molar refractivity (Wildman–Crippen MR) is 122 cm³/mol. The molecule has 4 aliphatic carbocycles. The average Bonchev–Trinajstić information content (AvgIpc) is 3.11. The van der Waals surface area contributed by atoms with Crippen molar-refractivity contribution in [2.45, 2.75) is 78.6 Å². The van der Waals surface area contributed by atoms with Crippen LogP contribution >= 0.6 is 0 Å². The van der Waals surface area contributed by atoms with Crippen LogP contribution in [0.15, 0.2) is 24.3 Å². The van der Waals surface area contributed by atoms with Crippen molar-refractivity contribution in [3.05, 3.63) is 29.8 Å². The summed E-state index contributed by atoms with van der Waals surface area (Å²) in [6.45, 7) is 7.59. The third-order valence-corrected chi connectivity index (χ3v) is 10.6. The minimum Gasteiger partial charge on any atom is -0.497 e. The van der Waals surface area contributed by atoms with E-state index in [2.05, 4.69) is 20.8 Å². The molecule has 0 N–H and O–H groups in total. The van der Waals surface area contributed by atoms with Crippen LogP contribution in [0, 0.1) is 46.3 Å². The van der Waals surface area contributed by atoms with E-state index in [1.807, 2.05) is 24.3 Å². The minimum absolute atomic E-state index is 0.187. The van der Waals surface area contributed by atoms with Gasteiger partial charge in [0, 0.05) is 11.5 Å². The van der Waals surface area contributed by atoms with Gasteiger partial charge in [-0.1, -0.05) is 39.3 Å². The first-order chi connectivity index (χ1) is 14.4. The van der Waals surface area contributed by atoms with E-state index in [-0.39, 0.29) is 11.3 Å². The van der Waals surface area contributed by atoms with Crippen LogP contribution in [0.5, 0.6) is 5.75 Å². The molecule has 0 radical (unpaired) electrons. The molecule has 0 aromatic heterocycles. The lowest BCUT2D eigenvalue weighted by Gasteiger charge is -2.61. The summed E-state index contributed by atoms with van der Waals surface area (Å²) in [7, 11) is 1.68. The Hall–Kier alpha value is -1.31. The van der Waals surface area contributed by atoms with Gasteiger partial charge >= 0.3 is 0 Å². The molecule has 0 spiro atoms. The Morgan fingerprint density at radius 1 is 0.967 bits per heavy atom. The van der Waals surface area contributed by atoms with Gasteiger partial charge in [-0.25, -0.2) is 0 Å². The van der Waals surface area contributed by atoms with Gasteiger partial charge in [0.05, 0.1) is 7.11 Å². The van der Waals surface area contributed by atoms with E-state index in [0.29, 0.717) is 11.2 Å². The molecule has 4 fully saturated rings. The van der Waals surface area contributed by atoms with Crippen molar-refractivity contribution in [1.82, 2.24) is 0 Å². The number of benzene rings is 1. The van der Waals surface area contributed by atoms with Gasteiger partial charge in [0.25, 0.3) is 0 Å². The maximum absolute atomic E-state index is 13.6. The molecule has 1 aromatic carbocycles. The molecule has 164 valence electrons. The number of hydrogen-bond acceptors (Lipinski definition) is 2. The summed E-state index contributed by atoms with van der Waals surface area (Å²) < 4.78 is 5.39. The molecular formula is C28H40O2. The fourth-order valence-corrected chi connectivity index (χ4v) is 8.88. The van der Waals surface area contributed by atoms with Crippen LogP contribution in [0.1, 0.15) is 88.9 Å². The Bertz CT molecular complexity index is 815. The van der Waals surface area contributed by atoms with Gasteiger partial charge in [-0.2, -0.15) is 0 Å². The first kappa shape index (κ1) is 20.6. The standard InChI is InChI=1S/C28H40O2/c1-18-12-14-27(2)20(16-18)8-9-22-23-10-11-25(28(23,3)15-13-24(22)27)26(29)19-6-5-7-21(17-19)30-4/h5-7,17-18,20,22-25H,8-16H2,1-4H3. The first-order valence-corrected chi connectivity index (χ1v) is 12.5. The van der Waals surface area contributed by atoms with Crippen LogP contribution in [0.4, 0.5) is 0 Å². The normalized spacial score (nSPS) is 45.2. The Morgan fingerprint density at radius 2 is 1.73 bits per heavy atom. The van der Waals surface area contributed by atoms with Gasteiger partial charge in [-0.05, 0) is 104 Å². The molecule has 1 aromatic rings. The molecule has 8 unspecified atom stereocenters. The Morgan fingerprint density at radius 3 is 2.53 bits per heavy atom. The molecule has 0 saturated heterocycles. The summed E-state index contributed by atoms with van der Waals surface area (Å²) in [5, 5.41) is 0. The third-order valence-electron chi connectivity index (χ3n) is 10.6. The molecule has 2 heteroatoms. The number of fused-ring (bicyclic) bond motifs is 5.